The third kappa shape index (κ3) is 4.83. The van der Waals surface area contributed by atoms with Crippen molar-refractivity contribution in [1.82, 2.24) is 4.90 Å². The van der Waals surface area contributed by atoms with Crippen molar-refractivity contribution >= 4 is 11.6 Å². The van der Waals surface area contributed by atoms with Crippen molar-refractivity contribution in [3.63, 3.8) is 0 Å². The van der Waals surface area contributed by atoms with E-state index in [1.807, 2.05) is 30.3 Å². The fourth-order valence-electron chi connectivity index (χ4n) is 3.29. The summed E-state index contributed by atoms with van der Waals surface area (Å²) in [5, 5.41) is 21.1. The van der Waals surface area contributed by atoms with Gasteiger partial charge in [-0.2, -0.15) is 0 Å². The lowest BCUT2D eigenvalue weighted by atomic mass is 9.87. The zero-order chi connectivity index (χ0) is 19.2. The van der Waals surface area contributed by atoms with Crippen LogP contribution in [0.2, 0.25) is 0 Å². The lowest BCUT2D eigenvalue weighted by Crippen LogP contribution is -2.42. The molecule has 0 aliphatic carbocycles. The number of non-ortho nitro benzene ring substituents is 1. The van der Waals surface area contributed by atoms with Crippen LogP contribution < -0.4 is 4.74 Å². The normalized spacial score (nSPS) is 16.0. The number of carbonyl (C=O) groups excluding carboxylic acids is 1. The van der Waals surface area contributed by atoms with Crippen LogP contribution in [0, 0.1) is 16.0 Å². The fourth-order valence-corrected chi connectivity index (χ4v) is 3.29. The largest absolute Gasteiger partial charge is 0.484 e. The molecule has 1 aliphatic heterocycles. The number of amides is 1. The highest BCUT2D eigenvalue weighted by molar-refractivity contribution is 5.77. The van der Waals surface area contributed by atoms with Crippen LogP contribution in [-0.4, -0.2) is 40.5 Å². The molecule has 0 bridgehead atoms. The molecule has 1 amide bonds. The summed E-state index contributed by atoms with van der Waals surface area (Å²) in [5.74, 6) is 0.427. The van der Waals surface area contributed by atoms with Crippen molar-refractivity contribution in [2.45, 2.75) is 18.9 Å². The molecule has 2 aromatic carbocycles. The Morgan fingerprint density at radius 3 is 2.37 bits per heavy atom. The second kappa shape index (κ2) is 8.64. The van der Waals surface area contributed by atoms with Crippen molar-refractivity contribution in [1.29, 1.82) is 0 Å². The van der Waals surface area contributed by atoms with Crippen molar-refractivity contribution < 1.29 is 19.6 Å². The van der Waals surface area contributed by atoms with E-state index in [1.54, 1.807) is 4.90 Å². The fraction of sp³-hybridized carbons (Fsp3) is 0.350. The van der Waals surface area contributed by atoms with E-state index in [-0.39, 0.29) is 24.1 Å². The van der Waals surface area contributed by atoms with Crippen LogP contribution >= 0.6 is 0 Å². The van der Waals surface area contributed by atoms with Gasteiger partial charge < -0.3 is 14.7 Å². The topological polar surface area (TPSA) is 92.9 Å². The first-order valence-electron chi connectivity index (χ1n) is 8.92. The Hall–Kier alpha value is -2.93. The first kappa shape index (κ1) is 18.8. The van der Waals surface area contributed by atoms with E-state index in [1.165, 1.54) is 24.3 Å². The predicted molar refractivity (Wildman–Crippen MR) is 99.3 cm³/mol. The second-order valence-corrected chi connectivity index (χ2v) is 6.61. The van der Waals surface area contributed by atoms with E-state index in [0.717, 1.165) is 18.4 Å². The van der Waals surface area contributed by atoms with Crippen LogP contribution in [0.15, 0.2) is 54.6 Å². The average Bonchev–Trinajstić information content (AvgIpc) is 2.72. The van der Waals surface area contributed by atoms with Crippen molar-refractivity contribution in [3.05, 3.63) is 70.3 Å². The van der Waals surface area contributed by atoms with Gasteiger partial charge in [-0.25, -0.2) is 0 Å². The Balaban J connectivity index is 1.46. The molecule has 0 radical (unpaired) electrons. The number of nitrogens with zero attached hydrogens (tertiary/aromatic N) is 2. The number of hydrogen-bond donors (Lipinski definition) is 1. The number of hydrogen-bond acceptors (Lipinski definition) is 5. The molecule has 2 aromatic rings. The Bertz CT molecular complexity index is 771. The van der Waals surface area contributed by atoms with E-state index >= 15 is 0 Å². The van der Waals surface area contributed by atoms with Crippen molar-refractivity contribution in [2.24, 2.45) is 5.92 Å². The summed E-state index contributed by atoms with van der Waals surface area (Å²) in [5.41, 5.74) is 0.886. The first-order valence-corrected chi connectivity index (χ1v) is 8.92. The van der Waals surface area contributed by atoms with Gasteiger partial charge in [-0.1, -0.05) is 30.3 Å². The van der Waals surface area contributed by atoms with Gasteiger partial charge in [0.15, 0.2) is 6.61 Å². The highest BCUT2D eigenvalue weighted by atomic mass is 16.6. The summed E-state index contributed by atoms with van der Waals surface area (Å²) in [4.78, 5) is 24.2. The molecule has 0 spiro atoms. The van der Waals surface area contributed by atoms with Crippen LogP contribution in [0.5, 0.6) is 5.75 Å². The number of piperidine rings is 1. The number of benzene rings is 2. The van der Waals surface area contributed by atoms with E-state index in [4.69, 9.17) is 4.74 Å². The number of rotatable bonds is 6. The molecule has 0 saturated carbocycles. The number of aliphatic hydroxyl groups is 1. The standard InChI is InChI=1S/C20H22N2O5/c23-19(14-27-18-8-6-17(7-9-18)22(25)26)21-12-10-16(11-13-21)20(24)15-4-2-1-3-5-15/h1-9,16,20,24H,10-14H2/t20-/m0/s1. The minimum absolute atomic E-state index is 0.0206. The maximum Gasteiger partial charge on any atom is 0.269 e. The molecule has 1 heterocycles. The number of aliphatic hydroxyl groups excluding tert-OH is 1. The number of ether oxygens (including phenoxy) is 1. The SMILES string of the molecule is O=C(COc1ccc([N+](=O)[O-])cc1)N1CCC([C@@H](O)c2ccccc2)CC1. The summed E-state index contributed by atoms with van der Waals surface area (Å²) >= 11 is 0. The average molecular weight is 370 g/mol. The smallest absolute Gasteiger partial charge is 0.269 e. The molecule has 27 heavy (non-hydrogen) atoms. The molecule has 142 valence electrons. The summed E-state index contributed by atoms with van der Waals surface area (Å²) < 4.78 is 5.44. The molecule has 0 aromatic heterocycles. The lowest BCUT2D eigenvalue weighted by molar-refractivity contribution is -0.384. The Kier molecular flexibility index (Phi) is 6.03. The third-order valence-electron chi connectivity index (χ3n) is 4.89. The number of nitro groups is 1. The van der Waals surface area contributed by atoms with Gasteiger partial charge in [0, 0.05) is 25.2 Å². The number of likely N-dealkylation sites (tertiary alicyclic amines) is 1. The number of carbonyl (C=O) groups is 1. The highest BCUT2D eigenvalue weighted by Crippen LogP contribution is 2.30. The second-order valence-electron chi connectivity index (χ2n) is 6.61. The van der Waals surface area contributed by atoms with Crippen LogP contribution in [0.3, 0.4) is 0 Å². The van der Waals surface area contributed by atoms with Gasteiger partial charge in [0.05, 0.1) is 11.0 Å². The van der Waals surface area contributed by atoms with E-state index in [9.17, 15) is 20.0 Å². The lowest BCUT2D eigenvalue weighted by Gasteiger charge is -2.34. The van der Waals surface area contributed by atoms with Gasteiger partial charge in [-0.15, -0.1) is 0 Å². The zero-order valence-corrected chi connectivity index (χ0v) is 14.9. The Morgan fingerprint density at radius 1 is 1.15 bits per heavy atom. The maximum atomic E-state index is 12.3. The minimum Gasteiger partial charge on any atom is -0.484 e. The Morgan fingerprint density at radius 2 is 1.78 bits per heavy atom. The molecule has 1 atom stereocenters. The quantitative estimate of drug-likeness (QED) is 0.623. The third-order valence-corrected chi connectivity index (χ3v) is 4.89. The van der Waals surface area contributed by atoms with Gasteiger partial charge in [-0.3, -0.25) is 14.9 Å². The molecule has 0 unspecified atom stereocenters. The molecule has 1 fully saturated rings. The van der Waals surface area contributed by atoms with Crippen molar-refractivity contribution in [2.75, 3.05) is 19.7 Å². The molecule has 1 N–H and O–H groups in total. The van der Waals surface area contributed by atoms with Gasteiger partial charge in [0.1, 0.15) is 5.75 Å². The molecular formula is C20H22N2O5. The van der Waals surface area contributed by atoms with Crippen LogP contribution in [0.25, 0.3) is 0 Å². The highest BCUT2D eigenvalue weighted by Gasteiger charge is 2.28. The monoisotopic (exact) mass is 370 g/mol. The van der Waals surface area contributed by atoms with Crippen LogP contribution in [0.1, 0.15) is 24.5 Å². The zero-order valence-electron chi connectivity index (χ0n) is 14.9. The summed E-state index contributed by atoms with van der Waals surface area (Å²) in [6, 6.07) is 15.2. The molecule has 1 saturated heterocycles. The van der Waals surface area contributed by atoms with Crippen LogP contribution in [0.4, 0.5) is 5.69 Å². The van der Waals surface area contributed by atoms with Gasteiger partial charge in [0.2, 0.25) is 0 Å². The van der Waals surface area contributed by atoms with Crippen molar-refractivity contribution in [3.8, 4) is 5.75 Å². The van der Waals surface area contributed by atoms with E-state index in [0.29, 0.717) is 18.8 Å². The Labute approximate surface area is 157 Å². The molecule has 3 rings (SSSR count). The molecule has 7 heteroatoms. The minimum atomic E-state index is -0.514. The van der Waals surface area contributed by atoms with E-state index < -0.39 is 11.0 Å². The van der Waals surface area contributed by atoms with Gasteiger partial charge >= 0.3 is 0 Å². The summed E-state index contributed by atoms with van der Waals surface area (Å²) in [6.45, 7) is 1.05. The summed E-state index contributed by atoms with van der Waals surface area (Å²) in [7, 11) is 0. The first-order chi connectivity index (χ1) is 13.0. The van der Waals surface area contributed by atoms with Crippen LogP contribution in [-0.2, 0) is 4.79 Å². The van der Waals surface area contributed by atoms with E-state index in [2.05, 4.69) is 0 Å². The molecule has 1 aliphatic rings. The van der Waals surface area contributed by atoms with Gasteiger partial charge in [-0.05, 0) is 36.5 Å². The summed E-state index contributed by atoms with van der Waals surface area (Å²) in [6.07, 6.45) is 0.957. The predicted octanol–water partition coefficient (Wildman–Crippen LogP) is 2.95. The molecule has 7 nitrogen and oxygen atoms in total. The number of nitro benzene ring substituents is 1. The maximum absolute atomic E-state index is 12.3. The van der Waals surface area contributed by atoms with Gasteiger partial charge in [0.25, 0.3) is 11.6 Å². The molecular weight excluding hydrogens is 348 g/mol.